The molecule has 1 aliphatic heterocycles. The van der Waals surface area contributed by atoms with Crippen LogP contribution in [-0.4, -0.2) is 41.4 Å². The number of methoxy groups -OCH3 is 1. The summed E-state index contributed by atoms with van der Waals surface area (Å²) in [5.74, 6) is 0.817. The molecule has 0 aliphatic carbocycles. The number of H-pyrrole nitrogens is 1. The lowest BCUT2D eigenvalue weighted by Gasteiger charge is -2.21. The van der Waals surface area contributed by atoms with Crippen LogP contribution < -0.4 is 10.1 Å². The van der Waals surface area contributed by atoms with Crippen molar-refractivity contribution in [1.29, 1.82) is 0 Å². The molecule has 6 heteroatoms. The van der Waals surface area contributed by atoms with Crippen LogP contribution >= 0.6 is 0 Å². The Hall–Kier alpha value is -2.76. The molecule has 0 radical (unpaired) electrons. The first-order chi connectivity index (χ1) is 12.2. The van der Waals surface area contributed by atoms with Crippen LogP contribution in [0.5, 0.6) is 5.75 Å². The predicted molar refractivity (Wildman–Crippen MR) is 94.3 cm³/mol. The molecule has 0 saturated carbocycles. The van der Waals surface area contributed by atoms with E-state index in [9.17, 15) is 9.59 Å². The van der Waals surface area contributed by atoms with Gasteiger partial charge in [0.25, 0.3) is 5.91 Å². The number of rotatable bonds is 5. The van der Waals surface area contributed by atoms with Crippen LogP contribution in [0, 0.1) is 0 Å². The molecular weight excluding hydrogens is 318 g/mol. The number of carbonyl (C=O) groups is 2. The Morgan fingerprint density at radius 1 is 1.36 bits per heavy atom. The minimum Gasteiger partial charge on any atom is -0.497 e. The summed E-state index contributed by atoms with van der Waals surface area (Å²) < 4.78 is 5.24. The minimum atomic E-state index is -0.0973. The number of nitrogens with one attached hydrogen (secondary N) is 2. The van der Waals surface area contributed by atoms with Gasteiger partial charge in [0.05, 0.1) is 12.7 Å². The average molecular weight is 341 g/mol. The summed E-state index contributed by atoms with van der Waals surface area (Å²) in [6.07, 6.45) is 5.27. The Kier molecular flexibility index (Phi) is 5.38. The number of likely N-dealkylation sites (tertiary alicyclic amines) is 1. The van der Waals surface area contributed by atoms with Crippen molar-refractivity contribution in [2.45, 2.75) is 31.8 Å². The molecule has 6 nitrogen and oxygen atoms in total. The normalized spacial score (nSPS) is 17.9. The quantitative estimate of drug-likeness (QED) is 0.876. The Morgan fingerprint density at radius 2 is 2.24 bits per heavy atom. The second-order valence-corrected chi connectivity index (χ2v) is 6.26. The van der Waals surface area contributed by atoms with Crippen LogP contribution in [0.3, 0.4) is 0 Å². The zero-order chi connectivity index (χ0) is 17.6. The molecule has 2 aromatic rings. The Labute approximate surface area is 147 Å². The number of amides is 2. The molecule has 2 amide bonds. The van der Waals surface area contributed by atoms with E-state index in [0.717, 1.165) is 17.7 Å². The number of benzene rings is 1. The maximum atomic E-state index is 12.4. The third kappa shape index (κ3) is 4.41. The predicted octanol–water partition coefficient (Wildman–Crippen LogP) is 2.33. The monoisotopic (exact) mass is 341 g/mol. The number of nitrogens with zero attached hydrogens (tertiary/aromatic N) is 1. The summed E-state index contributed by atoms with van der Waals surface area (Å²) in [6, 6.07) is 9.51. The largest absolute Gasteiger partial charge is 0.497 e. The summed E-state index contributed by atoms with van der Waals surface area (Å²) in [5.41, 5.74) is 1.66. The van der Waals surface area contributed by atoms with E-state index < -0.39 is 0 Å². The summed E-state index contributed by atoms with van der Waals surface area (Å²) in [7, 11) is 1.63. The van der Waals surface area contributed by atoms with Gasteiger partial charge < -0.3 is 19.9 Å². The number of hydrogen-bond donors (Lipinski definition) is 2. The molecular formula is C19H23N3O3. The van der Waals surface area contributed by atoms with Gasteiger partial charge in [-0.05, 0) is 36.6 Å². The Morgan fingerprint density at radius 3 is 3.00 bits per heavy atom. The Bertz CT molecular complexity index is 727. The van der Waals surface area contributed by atoms with Crippen molar-refractivity contribution >= 4 is 11.8 Å². The van der Waals surface area contributed by atoms with E-state index in [1.54, 1.807) is 25.6 Å². The van der Waals surface area contributed by atoms with Gasteiger partial charge in [-0.2, -0.15) is 0 Å². The first kappa shape index (κ1) is 17.1. The van der Waals surface area contributed by atoms with E-state index in [2.05, 4.69) is 10.3 Å². The van der Waals surface area contributed by atoms with Crippen LogP contribution in [-0.2, 0) is 11.3 Å². The molecule has 1 atom stereocenters. The summed E-state index contributed by atoms with van der Waals surface area (Å²) >= 11 is 0. The molecule has 3 rings (SSSR count). The fourth-order valence-electron chi connectivity index (χ4n) is 3.07. The number of aromatic nitrogens is 1. The third-order valence-electron chi connectivity index (χ3n) is 4.51. The number of aromatic amines is 1. The van der Waals surface area contributed by atoms with E-state index in [0.29, 0.717) is 31.5 Å². The zero-order valence-electron chi connectivity index (χ0n) is 14.3. The molecule has 0 spiro atoms. The number of hydrogen-bond acceptors (Lipinski definition) is 3. The first-order valence-electron chi connectivity index (χ1n) is 8.50. The van der Waals surface area contributed by atoms with Crippen LogP contribution in [0.1, 0.15) is 35.2 Å². The molecule has 1 aromatic carbocycles. The second-order valence-electron chi connectivity index (χ2n) is 6.26. The maximum absolute atomic E-state index is 12.4. The highest BCUT2D eigenvalue weighted by molar-refractivity contribution is 5.94. The minimum absolute atomic E-state index is 0.0154. The SMILES string of the molecule is COc1cccc(CN2CCC(NC(=O)c3cc[nH]c3)CCC2=O)c1. The molecule has 1 aromatic heterocycles. The third-order valence-corrected chi connectivity index (χ3v) is 4.51. The van der Waals surface area contributed by atoms with Crippen LogP contribution in [0.15, 0.2) is 42.7 Å². The highest BCUT2D eigenvalue weighted by Crippen LogP contribution is 2.18. The molecule has 1 fully saturated rings. The highest BCUT2D eigenvalue weighted by atomic mass is 16.5. The van der Waals surface area contributed by atoms with Crippen molar-refractivity contribution < 1.29 is 14.3 Å². The van der Waals surface area contributed by atoms with Gasteiger partial charge in [-0.15, -0.1) is 0 Å². The molecule has 0 bridgehead atoms. The summed E-state index contributed by atoms with van der Waals surface area (Å²) in [6.45, 7) is 1.20. The fraction of sp³-hybridized carbons (Fsp3) is 0.368. The molecule has 1 saturated heterocycles. The van der Waals surface area contributed by atoms with Crippen molar-refractivity contribution in [1.82, 2.24) is 15.2 Å². The van der Waals surface area contributed by atoms with Gasteiger partial charge in [-0.25, -0.2) is 0 Å². The molecule has 132 valence electrons. The highest BCUT2D eigenvalue weighted by Gasteiger charge is 2.24. The van der Waals surface area contributed by atoms with Gasteiger partial charge in [0.1, 0.15) is 5.75 Å². The summed E-state index contributed by atoms with van der Waals surface area (Å²) in [5, 5.41) is 3.03. The second kappa shape index (κ2) is 7.88. The smallest absolute Gasteiger partial charge is 0.253 e. The molecule has 1 unspecified atom stereocenters. The standard InChI is InChI=1S/C19H23N3O3/c1-25-17-4-2-3-14(11-17)13-22-10-8-16(5-6-18(22)23)21-19(24)15-7-9-20-12-15/h2-4,7,9,11-12,16,20H,5-6,8,10,13H2,1H3,(H,21,24). The Balaban J connectivity index is 1.59. The zero-order valence-corrected chi connectivity index (χ0v) is 14.3. The van der Waals surface area contributed by atoms with Crippen molar-refractivity contribution in [3.05, 3.63) is 53.9 Å². The lowest BCUT2D eigenvalue weighted by atomic mass is 10.1. The lowest BCUT2D eigenvalue weighted by Crippen LogP contribution is -2.35. The van der Waals surface area contributed by atoms with E-state index in [1.807, 2.05) is 29.2 Å². The molecule has 1 aliphatic rings. The van der Waals surface area contributed by atoms with Crippen LogP contribution in [0.25, 0.3) is 0 Å². The average Bonchev–Trinajstić information content (AvgIpc) is 3.12. The topological polar surface area (TPSA) is 74.4 Å². The van der Waals surface area contributed by atoms with Crippen LogP contribution in [0.2, 0.25) is 0 Å². The summed E-state index contributed by atoms with van der Waals surface area (Å²) in [4.78, 5) is 29.3. The molecule has 2 heterocycles. The van der Waals surface area contributed by atoms with Crippen molar-refractivity contribution in [2.24, 2.45) is 0 Å². The van der Waals surface area contributed by atoms with E-state index in [-0.39, 0.29) is 17.9 Å². The van der Waals surface area contributed by atoms with Gasteiger partial charge >= 0.3 is 0 Å². The molecule has 25 heavy (non-hydrogen) atoms. The van der Waals surface area contributed by atoms with Gasteiger partial charge in [0, 0.05) is 37.9 Å². The fourth-order valence-corrected chi connectivity index (χ4v) is 3.07. The number of ether oxygens (including phenoxy) is 1. The van der Waals surface area contributed by atoms with Gasteiger partial charge in [0.2, 0.25) is 5.91 Å². The van der Waals surface area contributed by atoms with Crippen molar-refractivity contribution in [2.75, 3.05) is 13.7 Å². The van der Waals surface area contributed by atoms with E-state index in [1.165, 1.54) is 0 Å². The molecule has 2 N–H and O–H groups in total. The van der Waals surface area contributed by atoms with Gasteiger partial charge in [-0.3, -0.25) is 9.59 Å². The van der Waals surface area contributed by atoms with Crippen LogP contribution in [0.4, 0.5) is 0 Å². The number of carbonyl (C=O) groups excluding carboxylic acids is 2. The van der Waals surface area contributed by atoms with Gasteiger partial charge in [0.15, 0.2) is 0 Å². The van der Waals surface area contributed by atoms with E-state index >= 15 is 0 Å². The first-order valence-corrected chi connectivity index (χ1v) is 8.50. The van der Waals surface area contributed by atoms with Crippen molar-refractivity contribution in [3.8, 4) is 5.75 Å². The van der Waals surface area contributed by atoms with Crippen molar-refractivity contribution in [3.63, 3.8) is 0 Å². The maximum Gasteiger partial charge on any atom is 0.253 e. The van der Waals surface area contributed by atoms with Gasteiger partial charge in [-0.1, -0.05) is 12.1 Å². The lowest BCUT2D eigenvalue weighted by molar-refractivity contribution is -0.131. The van der Waals surface area contributed by atoms with E-state index in [4.69, 9.17) is 4.74 Å².